The lowest BCUT2D eigenvalue weighted by molar-refractivity contribution is -0.137. The molecule has 2 nitrogen and oxygen atoms in total. The van der Waals surface area contributed by atoms with Gasteiger partial charge in [0.15, 0.2) is 0 Å². The van der Waals surface area contributed by atoms with Crippen LogP contribution in [0.2, 0.25) is 0 Å². The van der Waals surface area contributed by atoms with Crippen LogP contribution in [0.1, 0.15) is 25.3 Å². The van der Waals surface area contributed by atoms with Crippen molar-refractivity contribution in [2.75, 3.05) is 37.6 Å². The third-order valence-corrected chi connectivity index (χ3v) is 3.78. The van der Waals surface area contributed by atoms with Gasteiger partial charge in [0.05, 0.1) is 5.56 Å². The number of hydrogen-bond donors (Lipinski definition) is 0. The molecule has 0 saturated carbocycles. The van der Waals surface area contributed by atoms with E-state index < -0.39 is 17.6 Å². The van der Waals surface area contributed by atoms with Gasteiger partial charge >= 0.3 is 6.18 Å². The standard InChI is InChI=1S/C15H20F4N2/c1-2-3-4-20-5-7-21(8-6-20)14-10-12(15(17,18)19)9-13(16)11-14/h9-11H,2-8H2,1H3. The number of halogens is 4. The molecule has 0 unspecified atom stereocenters. The van der Waals surface area contributed by atoms with Crippen molar-refractivity contribution in [2.45, 2.75) is 25.9 Å². The Morgan fingerprint density at radius 3 is 2.29 bits per heavy atom. The van der Waals surface area contributed by atoms with Crippen LogP contribution < -0.4 is 4.90 Å². The molecule has 0 aromatic heterocycles. The Morgan fingerprint density at radius 2 is 1.71 bits per heavy atom. The van der Waals surface area contributed by atoms with Crippen LogP contribution in [-0.4, -0.2) is 37.6 Å². The maximum Gasteiger partial charge on any atom is 0.416 e. The van der Waals surface area contributed by atoms with Crippen LogP contribution in [0, 0.1) is 5.82 Å². The molecule has 1 saturated heterocycles. The highest BCUT2D eigenvalue weighted by molar-refractivity contribution is 5.50. The minimum atomic E-state index is -4.51. The number of piperazine rings is 1. The van der Waals surface area contributed by atoms with E-state index in [1.54, 1.807) is 0 Å². The van der Waals surface area contributed by atoms with E-state index in [-0.39, 0.29) is 0 Å². The van der Waals surface area contributed by atoms with Crippen molar-refractivity contribution in [3.63, 3.8) is 0 Å². The van der Waals surface area contributed by atoms with Gasteiger partial charge in [-0.25, -0.2) is 4.39 Å². The number of rotatable bonds is 4. The molecular formula is C15H20F4N2. The first-order valence-corrected chi connectivity index (χ1v) is 7.25. The summed E-state index contributed by atoms with van der Waals surface area (Å²) >= 11 is 0. The van der Waals surface area contributed by atoms with Gasteiger partial charge in [0.1, 0.15) is 5.82 Å². The summed E-state index contributed by atoms with van der Waals surface area (Å²) in [4.78, 5) is 4.12. The third-order valence-electron chi connectivity index (χ3n) is 3.78. The molecule has 0 spiro atoms. The molecule has 1 aromatic rings. The quantitative estimate of drug-likeness (QED) is 0.781. The normalized spacial score (nSPS) is 17.3. The molecule has 118 valence electrons. The fourth-order valence-corrected chi connectivity index (χ4v) is 2.53. The summed E-state index contributed by atoms with van der Waals surface area (Å²) in [5, 5.41) is 0. The molecule has 0 radical (unpaired) electrons. The van der Waals surface area contributed by atoms with Gasteiger partial charge in [-0.3, -0.25) is 4.90 Å². The number of anilines is 1. The average molecular weight is 304 g/mol. The van der Waals surface area contributed by atoms with E-state index in [0.29, 0.717) is 24.8 Å². The van der Waals surface area contributed by atoms with E-state index >= 15 is 0 Å². The number of benzene rings is 1. The molecule has 1 aromatic carbocycles. The first-order chi connectivity index (χ1) is 9.90. The number of nitrogens with zero attached hydrogens (tertiary/aromatic N) is 2. The molecule has 1 aliphatic rings. The van der Waals surface area contributed by atoms with Crippen molar-refractivity contribution in [3.8, 4) is 0 Å². The second-order valence-corrected chi connectivity index (χ2v) is 5.38. The molecule has 0 bridgehead atoms. The largest absolute Gasteiger partial charge is 0.416 e. The van der Waals surface area contributed by atoms with Crippen LogP contribution in [0.15, 0.2) is 18.2 Å². The van der Waals surface area contributed by atoms with E-state index in [0.717, 1.165) is 38.5 Å². The molecule has 1 heterocycles. The van der Waals surface area contributed by atoms with Crippen LogP contribution in [0.5, 0.6) is 0 Å². The lowest BCUT2D eigenvalue weighted by Crippen LogP contribution is -2.46. The van der Waals surface area contributed by atoms with Crippen molar-refractivity contribution >= 4 is 5.69 Å². The van der Waals surface area contributed by atoms with Gasteiger partial charge in [0.25, 0.3) is 0 Å². The fraction of sp³-hybridized carbons (Fsp3) is 0.600. The lowest BCUT2D eigenvalue weighted by Gasteiger charge is -2.36. The fourth-order valence-electron chi connectivity index (χ4n) is 2.53. The van der Waals surface area contributed by atoms with Gasteiger partial charge in [-0.05, 0) is 31.2 Å². The zero-order chi connectivity index (χ0) is 15.5. The highest BCUT2D eigenvalue weighted by Gasteiger charge is 2.32. The maximum atomic E-state index is 13.4. The first kappa shape index (κ1) is 16.1. The van der Waals surface area contributed by atoms with Gasteiger partial charge in [0.2, 0.25) is 0 Å². The average Bonchev–Trinajstić information content (AvgIpc) is 2.44. The minimum absolute atomic E-state index is 0.317. The molecule has 21 heavy (non-hydrogen) atoms. The molecule has 0 atom stereocenters. The van der Waals surface area contributed by atoms with Crippen molar-refractivity contribution < 1.29 is 17.6 Å². The Morgan fingerprint density at radius 1 is 1.05 bits per heavy atom. The van der Waals surface area contributed by atoms with E-state index in [4.69, 9.17) is 0 Å². The van der Waals surface area contributed by atoms with E-state index in [1.165, 1.54) is 6.07 Å². The van der Waals surface area contributed by atoms with Gasteiger partial charge in [-0.15, -0.1) is 0 Å². The Kier molecular flexibility index (Phi) is 5.08. The monoisotopic (exact) mass is 304 g/mol. The Balaban J connectivity index is 2.05. The summed E-state index contributed by atoms with van der Waals surface area (Å²) in [6, 6.07) is 2.75. The maximum absolute atomic E-state index is 13.4. The van der Waals surface area contributed by atoms with Crippen LogP contribution in [0.4, 0.5) is 23.2 Å². The van der Waals surface area contributed by atoms with Crippen molar-refractivity contribution in [3.05, 3.63) is 29.6 Å². The third kappa shape index (κ3) is 4.33. The zero-order valence-electron chi connectivity index (χ0n) is 12.1. The molecule has 1 fully saturated rings. The predicted octanol–water partition coefficient (Wildman–Crippen LogP) is 3.77. The molecule has 1 aliphatic heterocycles. The topological polar surface area (TPSA) is 6.48 Å². The van der Waals surface area contributed by atoms with E-state index in [1.807, 2.05) is 4.90 Å². The molecule has 0 aliphatic carbocycles. The summed E-state index contributed by atoms with van der Waals surface area (Å²) in [5.41, 5.74) is -0.608. The van der Waals surface area contributed by atoms with Crippen molar-refractivity contribution in [2.24, 2.45) is 0 Å². The predicted molar refractivity (Wildman–Crippen MR) is 75.0 cm³/mol. The minimum Gasteiger partial charge on any atom is -0.369 e. The molecule has 0 N–H and O–H groups in total. The summed E-state index contributed by atoms with van der Waals surface area (Å²) < 4.78 is 51.6. The van der Waals surface area contributed by atoms with Crippen LogP contribution >= 0.6 is 0 Å². The zero-order valence-corrected chi connectivity index (χ0v) is 12.1. The van der Waals surface area contributed by atoms with Gasteiger partial charge in [0, 0.05) is 31.9 Å². The second kappa shape index (κ2) is 6.64. The molecule has 0 amide bonds. The van der Waals surface area contributed by atoms with Crippen LogP contribution in [0.3, 0.4) is 0 Å². The number of unbranched alkanes of at least 4 members (excludes halogenated alkanes) is 1. The number of alkyl halides is 3. The summed E-state index contributed by atoms with van der Waals surface area (Å²) in [5.74, 6) is -0.840. The Hall–Kier alpha value is -1.30. The SMILES string of the molecule is CCCCN1CCN(c2cc(F)cc(C(F)(F)F)c2)CC1. The van der Waals surface area contributed by atoms with E-state index in [9.17, 15) is 17.6 Å². The number of hydrogen-bond acceptors (Lipinski definition) is 2. The summed E-state index contributed by atoms with van der Waals surface area (Å²) in [6.45, 7) is 6.01. The molecular weight excluding hydrogens is 284 g/mol. The highest BCUT2D eigenvalue weighted by Crippen LogP contribution is 2.32. The lowest BCUT2D eigenvalue weighted by atomic mass is 10.1. The van der Waals surface area contributed by atoms with Gasteiger partial charge < -0.3 is 4.90 Å². The summed E-state index contributed by atoms with van der Waals surface area (Å²) in [6.07, 6.45) is -2.27. The smallest absolute Gasteiger partial charge is 0.369 e. The molecule has 6 heteroatoms. The van der Waals surface area contributed by atoms with Crippen molar-refractivity contribution in [1.29, 1.82) is 0 Å². The summed E-state index contributed by atoms with van der Waals surface area (Å²) in [7, 11) is 0. The van der Waals surface area contributed by atoms with Crippen molar-refractivity contribution in [1.82, 2.24) is 4.90 Å². The molecule has 2 rings (SSSR count). The van der Waals surface area contributed by atoms with Crippen LogP contribution in [0.25, 0.3) is 0 Å². The Labute approximate surface area is 122 Å². The van der Waals surface area contributed by atoms with Crippen LogP contribution in [-0.2, 0) is 6.18 Å². The highest BCUT2D eigenvalue weighted by atomic mass is 19.4. The van der Waals surface area contributed by atoms with E-state index in [2.05, 4.69) is 11.8 Å². The second-order valence-electron chi connectivity index (χ2n) is 5.38. The Bertz CT molecular complexity index is 465. The van der Waals surface area contributed by atoms with Gasteiger partial charge in [-0.2, -0.15) is 13.2 Å². The van der Waals surface area contributed by atoms with Gasteiger partial charge in [-0.1, -0.05) is 13.3 Å². The first-order valence-electron chi connectivity index (χ1n) is 7.25.